The fourth-order valence-corrected chi connectivity index (χ4v) is 2.55. The Morgan fingerprint density at radius 2 is 2.27 bits per heavy atom. The minimum atomic E-state index is -0.0650. The molecule has 1 rings (SSSR count). The topological polar surface area (TPSA) is 41.1 Å². The quantitative estimate of drug-likeness (QED) is 0.724. The van der Waals surface area contributed by atoms with Gasteiger partial charge in [0.1, 0.15) is 0 Å². The van der Waals surface area contributed by atoms with Gasteiger partial charge in [-0.15, -0.1) is 0 Å². The van der Waals surface area contributed by atoms with Crippen molar-refractivity contribution in [3.63, 3.8) is 0 Å². The molecule has 1 aliphatic carbocycles. The summed E-state index contributed by atoms with van der Waals surface area (Å²) in [6.07, 6.45) is 5.55. The molecule has 1 saturated carbocycles. The van der Waals surface area contributed by atoms with E-state index in [1.165, 1.54) is 6.42 Å². The van der Waals surface area contributed by atoms with Crippen LogP contribution in [0.25, 0.3) is 0 Å². The average molecular weight is 228 g/mol. The highest BCUT2D eigenvalue weighted by atomic mass is 32.2. The standard InChI is InChI=1S/C11H20N2OS/c1-8(2)7-12-11(14)13-9-4-5-10(6-9)15-3/h9-10H,1,4-7H2,2-3H3,(H2,12,13,14)/t9-,10-/m0/s1. The first kappa shape index (κ1) is 12.4. The molecule has 0 aromatic rings. The van der Waals surface area contributed by atoms with Gasteiger partial charge in [0.25, 0.3) is 0 Å². The zero-order chi connectivity index (χ0) is 11.3. The first-order valence-corrected chi connectivity index (χ1v) is 6.62. The van der Waals surface area contributed by atoms with Crippen molar-refractivity contribution in [1.82, 2.24) is 10.6 Å². The van der Waals surface area contributed by atoms with Gasteiger partial charge in [0.05, 0.1) is 0 Å². The van der Waals surface area contributed by atoms with E-state index in [1.54, 1.807) is 0 Å². The fourth-order valence-electron chi connectivity index (χ4n) is 1.75. The van der Waals surface area contributed by atoms with Gasteiger partial charge in [-0.05, 0) is 32.4 Å². The second kappa shape index (κ2) is 6.05. The summed E-state index contributed by atoms with van der Waals surface area (Å²) >= 11 is 1.90. The van der Waals surface area contributed by atoms with Crippen LogP contribution in [0.5, 0.6) is 0 Å². The van der Waals surface area contributed by atoms with Gasteiger partial charge in [-0.3, -0.25) is 0 Å². The molecule has 0 heterocycles. The lowest BCUT2D eigenvalue weighted by Gasteiger charge is -2.13. The molecule has 0 aromatic heterocycles. The largest absolute Gasteiger partial charge is 0.335 e. The third kappa shape index (κ3) is 4.60. The lowest BCUT2D eigenvalue weighted by molar-refractivity contribution is 0.238. The molecule has 0 unspecified atom stereocenters. The maximum absolute atomic E-state index is 11.4. The Morgan fingerprint density at radius 3 is 2.80 bits per heavy atom. The van der Waals surface area contributed by atoms with Crippen LogP contribution in [0.2, 0.25) is 0 Å². The maximum atomic E-state index is 11.4. The number of nitrogens with one attached hydrogen (secondary N) is 2. The van der Waals surface area contributed by atoms with E-state index >= 15 is 0 Å². The summed E-state index contributed by atoms with van der Waals surface area (Å²) in [6.45, 7) is 6.20. The molecule has 2 amide bonds. The number of urea groups is 1. The first-order chi connectivity index (χ1) is 7.11. The Bertz CT molecular complexity index is 243. The summed E-state index contributed by atoms with van der Waals surface area (Å²) in [5.74, 6) is 0. The number of carbonyl (C=O) groups excluding carboxylic acids is 1. The summed E-state index contributed by atoms with van der Waals surface area (Å²) in [4.78, 5) is 11.4. The number of rotatable bonds is 4. The highest BCUT2D eigenvalue weighted by molar-refractivity contribution is 7.99. The zero-order valence-electron chi connectivity index (χ0n) is 9.51. The molecule has 3 nitrogen and oxygen atoms in total. The van der Waals surface area contributed by atoms with Gasteiger partial charge in [-0.2, -0.15) is 11.8 Å². The molecule has 0 saturated heterocycles. The Hall–Kier alpha value is -0.640. The maximum Gasteiger partial charge on any atom is 0.315 e. The van der Waals surface area contributed by atoms with Gasteiger partial charge in [0, 0.05) is 17.8 Å². The van der Waals surface area contributed by atoms with E-state index in [2.05, 4.69) is 23.5 Å². The number of thioether (sulfide) groups is 1. The van der Waals surface area contributed by atoms with E-state index in [9.17, 15) is 4.79 Å². The van der Waals surface area contributed by atoms with Crippen molar-refractivity contribution in [2.75, 3.05) is 12.8 Å². The molecule has 86 valence electrons. The van der Waals surface area contributed by atoms with Gasteiger partial charge in [0.15, 0.2) is 0 Å². The predicted octanol–water partition coefficient (Wildman–Crippen LogP) is 2.15. The molecule has 1 aliphatic rings. The molecule has 0 aromatic carbocycles. The van der Waals surface area contributed by atoms with Crippen molar-refractivity contribution in [3.8, 4) is 0 Å². The molecule has 0 aliphatic heterocycles. The zero-order valence-corrected chi connectivity index (χ0v) is 10.3. The summed E-state index contributed by atoms with van der Waals surface area (Å²) in [6, 6.07) is 0.289. The molecule has 0 spiro atoms. The third-order valence-electron chi connectivity index (χ3n) is 2.60. The van der Waals surface area contributed by atoms with E-state index < -0.39 is 0 Å². The normalized spacial score (nSPS) is 24.9. The second-order valence-corrected chi connectivity index (χ2v) is 5.29. The van der Waals surface area contributed by atoms with E-state index in [0.29, 0.717) is 12.6 Å². The second-order valence-electron chi connectivity index (χ2n) is 4.15. The van der Waals surface area contributed by atoms with E-state index in [0.717, 1.165) is 23.7 Å². The summed E-state index contributed by atoms with van der Waals surface area (Å²) in [7, 11) is 0. The van der Waals surface area contributed by atoms with Crippen LogP contribution < -0.4 is 10.6 Å². The van der Waals surface area contributed by atoms with Crippen LogP contribution in [0, 0.1) is 0 Å². The lowest BCUT2D eigenvalue weighted by atomic mass is 10.2. The van der Waals surface area contributed by atoms with E-state index in [1.807, 2.05) is 18.7 Å². The van der Waals surface area contributed by atoms with E-state index in [-0.39, 0.29) is 6.03 Å². The predicted molar refractivity (Wildman–Crippen MR) is 66.3 cm³/mol. The molecular formula is C11H20N2OS. The molecule has 0 radical (unpaired) electrons. The monoisotopic (exact) mass is 228 g/mol. The molecule has 4 heteroatoms. The van der Waals surface area contributed by atoms with Gasteiger partial charge in [-0.25, -0.2) is 4.79 Å². The summed E-state index contributed by atoms with van der Waals surface area (Å²) in [5, 5.41) is 6.50. The minimum absolute atomic E-state index is 0.0650. The molecular weight excluding hydrogens is 208 g/mol. The summed E-state index contributed by atoms with van der Waals surface area (Å²) in [5.41, 5.74) is 0.971. The Balaban J connectivity index is 2.18. The van der Waals surface area contributed by atoms with Crippen molar-refractivity contribution >= 4 is 17.8 Å². The first-order valence-electron chi connectivity index (χ1n) is 5.33. The van der Waals surface area contributed by atoms with Crippen LogP contribution in [0.3, 0.4) is 0 Å². The van der Waals surface area contributed by atoms with Crippen LogP contribution in [0.4, 0.5) is 4.79 Å². The highest BCUT2D eigenvalue weighted by Gasteiger charge is 2.24. The van der Waals surface area contributed by atoms with Gasteiger partial charge in [0.2, 0.25) is 0 Å². The average Bonchev–Trinajstić information content (AvgIpc) is 2.62. The van der Waals surface area contributed by atoms with Gasteiger partial charge < -0.3 is 10.6 Å². The van der Waals surface area contributed by atoms with Crippen LogP contribution in [0.15, 0.2) is 12.2 Å². The van der Waals surface area contributed by atoms with Gasteiger partial charge >= 0.3 is 6.03 Å². The summed E-state index contributed by atoms with van der Waals surface area (Å²) < 4.78 is 0. The minimum Gasteiger partial charge on any atom is -0.335 e. The van der Waals surface area contributed by atoms with Crippen molar-refractivity contribution in [2.24, 2.45) is 0 Å². The van der Waals surface area contributed by atoms with Crippen molar-refractivity contribution in [3.05, 3.63) is 12.2 Å². The van der Waals surface area contributed by atoms with E-state index in [4.69, 9.17) is 0 Å². The Morgan fingerprint density at radius 1 is 1.53 bits per heavy atom. The van der Waals surface area contributed by atoms with Crippen LogP contribution >= 0.6 is 11.8 Å². The van der Waals surface area contributed by atoms with Crippen molar-refractivity contribution in [2.45, 2.75) is 37.5 Å². The third-order valence-corrected chi connectivity index (χ3v) is 3.70. The van der Waals surface area contributed by atoms with Crippen LogP contribution in [-0.4, -0.2) is 30.1 Å². The van der Waals surface area contributed by atoms with Gasteiger partial charge in [-0.1, -0.05) is 12.2 Å². The molecule has 2 atom stereocenters. The fraction of sp³-hybridized carbons (Fsp3) is 0.727. The molecule has 15 heavy (non-hydrogen) atoms. The van der Waals surface area contributed by atoms with Crippen LogP contribution in [0.1, 0.15) is 26.2 Å². The lowest BCUT2D eigenvalue weighted by Crippen LogP contribution is -2.41. The number of hydrogen-bond donors (Lipinski definition) is 2. The Labute approximate surface area is 96.1 Å². The highest BCUT2D eigenvalue weighted by Crippen LogP contribution is 2.27. The molecule has 0 bridgehead atoms. The van der Waals surface area contributed by atoms with Crippen molar-refractivity contribution < 1.29 is 4.79 Å². The van der Waals surface area contributed by atoms with Crippen LogP contribution in [-0.2, 0) is 0 Å². The Kier molecular flexibility index (Phi) is 5.02. The molecule has 1 fully saturated rings. The number of carbonyl (C=O) groups is 1. The smallest absolute Gasteiger partial charge is 0.315 e. The molecule has 2 N–H and O–H groups in total. The number of amides is 2. The van der Waals surface area contributed by atoms with Crippen molar-refractivity contribution in [1.29, 1.82) is 0 Å². The SMILES string of the molecule is C=C(C)CNC(=O)N[C@H]1CC[C@H](SC)C1. The number of hydrogen-bond acceptors (Lipinski definition) is 2.